The lowest BCUT2D eigenvalue weighted by molar-refractivity contribution is -0.113. The quantitative estimate of drug-likeness (QED) is 0.146. The number of benzene rings is 6. The summed E-state index contributed by atoms with van der Waals surface area (Å²) in [6.45, 7) is 54.3. The zero-order chi connectivity index (χ0) is 69.0. The summed E-state index contributed by atoms with van der Waals surface area (Å²) < 4.78 is 0. The van der Waals surface area contributed by atoms with Gasteiger partial charge in [0.1, 0.15) is 0 Å². The Morgan fingerprint density at radius 2 is 0.564 bits per heavy atom. The zero-order valence-corrected chi connectivity index (χ0v) is 64.7. The average molecular weight is 1270 g/mol. The van der Waals surface area contributed by atoms with E-state index in [9.17, 15) is 0 Å². The van der Waals surface area contributed by atoms with Gasteiger partial charge in [-0.1, -0.05) is 360 Å². The predicted octanol–water partition coefficient (Wildman–Crippen LogP) is 27.8. The summed E-state index contributed by atoms with van der Waals surface area (Å²) in [6, 6.07) is 66.1. The van der Waals surface area contributed by atoms with Crippen molar-refractivity contribution < 1.29 is 0 Å². The van der Waals surface area contributed by atoms with Crippen LogP contribution in [0.1, 0.15) is 295 Å². The van der Waals surface area contributed by atoms with Gasteiger partial charge in [0.05, 0.1) is 0 Å². The molecule has 0 heterocycles. The molecule has 0 saturated heterocycles. The molecular formula is C94H138. The van der Waals surface area contributed by atoms with Gasteiger partial charge >= 0.3 is 0 Å². The van der Waals surface area contributed by atoms with Gasteiger partial charge in [0.2, 0.25) is 0 Å². The maximum absolute atomic E-state index is 2.50. The van der Waals surface area contributed by atoms with E-state index in [1.807, 2.05) is 0 Å². The van der Waals surface area contributed by atoms with Crippen molar-refractivity contribution in [2.24, 2.45) is 84.7 Å². The Morgan fingerprint density at radius 3 is 0.840 bits per heavy atom. The highest BCUT2D eigenvalue weighted by Gasteiger charge is 2.62. The third-order valence-electron chi connectivity index (χ3n) is 27.4. The molecule has 9 fully saturated rings. The lowest BCUT2D eigenvalue weighted by Gasteiger charge is -2.66. The molecule has 0 amide bonds. The van der Waals surface area contributed by atoms with Crippen LogP contribution in [0.5, 0.6) is 0 Å². The van der Waals surface area contributed by atoms with Crippen LogP contribution in [0.15, 0.2) is 182 Å². The molecule has 0 heteroatoms. The van der Waals surface area contributed by atoms with Crippen molar-refractivity contribution >= 4 is 0 Å². The SMILES string of the molecule is CC(C)(C)C(C)(C)C.CC(C)(C)C(C)(C)c1ccccc1.CC(C)(C)C(c1ccccc1)(c1ccccc1)c1ccccc1.CC(C)(C)C1(c2ccccc2)C2CC3CC(C2)CC1C3.CC(C)(C)C1(c2ccccc2)CCCCC1.CC(C)(C)C12CC3CC(CC(C3)C1)C2. The molecular weight excluding hydrogens is 1130 g/mol. The van der Waals surface area contributed by atoms with Crippen molar-refractivity contribution in [3.63, 3.8) is 0 Å². The predicted molar refractivity (Wildman–Crippen MR) is 412 cm³/mol. The van der Waals surface area contributed by atoms with Crippen LogP contribution in [0.3, 0.4) is 0 Å². The van der Waals surface area contributed by atoms with Crippen LogP contribution in [0.2, 0.25) is 0 Å². The maximum atomic E-state index is 2.50. The number of rotatable bonds is 6. The van der Waals surface area contributed by atoms with Crippen molar-refractivity contribution in [1.82, 2.24) is 0 Å². The molecule has 0 radical (unpaired) electrons. The first kappa shape index (κ1) is 75.1. The summed E-state index contributed by atoms with van der Waals surface area (Å²) in [5.41, 5.74) is 12.8. The molecule has 514 valence electrons. The van der Waals surface area contributed by atoms with E-state index in [0.717, 1.165) is 46.8 Å². The largest absolute Gasteiger partial charge is 0.0622 e. The van der Waals surface area contributed by atoms with Crippen molar-refractivity contribution in [3.8, 4) is 0 Å². The minimum Gasteiger partial charge on any atom is -0.0622 e. The molecule has 0 aromatic heterocycles. The first-order valence-corrected chi connectivity index (χ1v) is 38.1. The van der Waals surface area contributed by atoms with Gasteiger partial charge in [-0.15, -0.1) is 0 Å². The smallest absolute Gasteiger partial charge is 0.0499 e. The minimum atomic E-state index is -0.184. The van der Waals surface area contributed by atoms with Crippen LogP contribution < -0.4 is 0 Å². The van der Waals surface area contributed by atoms with Crippen LogP contribution in [0.25, 0.3) is 0 Å². The topological polar surface area (TPSA) is 0 Å². The van der Waals surface area contributed by atoms with Gasteiger partial charge in [0, 0.05) is 16.2 Å². The molecule has 94 heavy (non-hydrogen) atoms. The van der Waals surface area contributed by atoms with Crippen LogP contribution in [0, 0.1) is 84.7 Å². The van der Waals surface area contributed by atoms with Gasteiger partial charge in [-0.3, -0.25) is 0 Å². The molecule has 9 aliphatic rings. The van der Waals surface area contributed by atoms with E-state index < -0.39 is 0 Å². The van der Waals surface area contributed by atoms with Crippen LogP contribution in [-0.2, 0) is 21.7 Å². The third-order valence-corrected chi connectivity index (χ3v) is 27.4. The third kappa shape index (κ3) is 15.9. The lowest BCUT2D eigenvalue weighted by atomic mass is 9.38. The molecule has 0 N–H and O–H groups in total. The van der Waals surface area contributed by atoms with Crippen molar-refractivity contribution in [2.45, 2.75) is 284 Å². The van der Waals surface area contributed by atoms with E-state index in [1.165, 1.54) is 80.0 Å². The number of hydrogen-bond acceptors (Lipinski definition) is 0. The van der Waals surface area contributed by atoms with Crippen LogP contribution >= 0.6 is 0 Å². The van der Waals surface area contributed by atoms with E-state index in [-0.39, 0.29) is 16.2 Å². The highest BCUT2D eigenvalue weighted by molar-refractivity contribution is 5.52. The Bertz CT molecular complexity index is 3020. The molecule has 0 atom stereocenters. The van der Waals surface area contributed by atoms with E-state index in [2.05, 4.69) is 341 Å². The second-order valence-electron chi connectivity index (χ2n) is 39.3. The molecule has 0 aliphatic heterocycles. The van der Waals surface area contributed by atoms with Gasteiger partial charge in [0.15, 0.2) is 0 Å². The number of hydrogen-bond donors (Lipinski definition) is 0. The Balaban J connectivity index is 0.000000148. The highest BCUT2D eigenvalue weighted by atomic mass is 14.7. The minimum absolute atomic E-state index is 0.0249. The molecule has 9 aliphatic carbocycles. The first-order valence-electron chi connectivity index (χ1n) is 38.1. The normalized spacial score (nSPS) is 26.3. The average Bonchev–Trinajstić information content (AvgIpc) is 0.704. The Morgan fingerprint density at radius 1 is 0.266 bits per heavy atom. The molecule has 8 bridgehead atoms. The summed E-state index contributed by atoms with van der Waals surface area (Å²) in [5, 5.41) is 0. The van der Waals surface area contributed by atoms with Gasteiger partial charge < -0.3 is 0 Å². The summed E-state index contributed by atoms with van der Waals surface area (Å²) in [4.78, 5) is 0. The molecule has 15 rings (SSSR count). The summed E-state index contributed by atoms with van der Waals surface area (Å²) in [5.74, 6) is 7.30. The molecule has 6 aromatic carbocycles. The first-order chi connectivity index (χ1) is 43.7. The van der Waals surface area contributed by atoms with Crippen molar-refractivity contribution in [1.29, 1.82) is 0 Å². The second kappa shape index (κ2) is 29.0. The molecule has 0 unspecified atom stereocenters. The van der Waals surface area contributed by atoms with Crippen LogP contribution in [0.4, 0.5) is 0 Å². The monoisotopic (exact) mass is 1270 g/mol. The standard InChI is InChI=1S/C23H24.C20H28.C16H24.C14H24.C13H20.C8H18/c1-22(2,3)23(19-13-7-4-8-14-19,20-15-9-5-10-16-20)21-17-11-6-12-18-21;1-19(2,3)20(16-7-5-4-6-8-16)17-10-14-9-15(12-17)13-18(20)11-14;1-15(2,3)16(12-8-5-9-13-16)14-10-6-4-7-11-14;1-13(2,3)14-7-10-4-11(8-14)6-12(5-10)9-14;1-12(2,3)13(4,5)11-9-7-6-8-10-11;1-7(2,3)8(4,5)6/h4-18H,1-3H3;4-8,14-15,17-18H,9-13H2,1-3H3;4,6-7,10-11H,5,8-9,12-13H2,1-3H3;10-12H,4-9H2,1-3H3;6-10H,1-5H3;1-6H3. The van der Waals surface area contributed by atoms with Gasteiger partial charge in [-0.2, -0.15) is 0 Å². The zero-order valence-electron chi connectivity index (χ0n) is 64.7. The van der Waals surface area contributed by atoms with Crippen LogP contribution in [-0.4, -0.2) is 0 Å². The van der Waals surface area contributed by atoms with E-state index >= 15 is 0 Å². The van der Waals surface area contributed by atoms with E-state index in [1.54, 1.807) is 56.1 Å². The molecule has 6 aromatic rings. The van der Waals surface area contributed by atoms with Crippen molar-refractivity contribution in [2.75, 3.05) is 0 Å². The maximum Gasteiger partial charge on any atom is 0.0499 e. The Labute approximate surface area is 580 Å². The Hall–Kier alpha value is -4.68. The summed E-state index contributed by atoms with van der Waals surface area (Å²) in [7, 11) is 0. The fraction of sp³-hybridized carbons (Fsp3) is 0.617. The second-order valence-corrected chi connectivity index (χ2v) is 39.3. The van der Waals surface area contributed by atoms with E-state index in [0.29, 0.717) is 43.3 Å². The van der Waals surface area contributed by atoms with Crippen molar-refractivity contribution in [3.05, 3.63) is 215 Å². The highest BCUT2D eigenvalue weighted by Crippen LogP contribution is 2.69. The lowest BCUT2D eigenvalue weighted by Crippen LogP contribution is -2.61. The van der Waals surface area contributed by atoms with Gasteiger partial charge in [0.25, 0.3) is 0 Å². The fourth-order valence-electron chi connectivity index (χ4n) is 20.3. The van der Waals surface area contributed by atoms with Gasteiger partial charge in [-0.05, 0) is 207 Å². The van der Waals surface area contributed by atoms with Gasteiger partial charge in [-0.25, -0.2) is 0 Å². The molecule has 9 saturated carbocycles. The summed E-state index contributed by atoms with van der Waals surface area (Å²) in [6.07, 6.45) is 23.9. The van der Waals surface area contributed by atoms with E-state index in [4.69, 9.17) is 0 Å². The Kier molecular flexibility index (Phi) is 23.2. The summed E-state index contributed by atoms with van der Waals surface area (Å²) >= 11 is 0. The molecule has 0 spiro atoms. The molecule has 0 nitrogen and oxygen atoms in total. The fourth-order valence-corrected chi connectivity index (χ4v) is 20.3.